The van der Waals surface area contributed by atoms with Crippen molar-refractivity contribution in [2.45, 2.75) is 30.6 Å². The van der Waals surface area contributed by atoms with Crippen molar-refractivity contribution in [3.05, 3.63) is 30.3 Å². The normalized spacial score (nSPS) is 16.2. The van der Waals surface area contributed by atoms with Crippen molar-refractivity contribution in [2.24, 2.45) is 10.9 Å². The Labute approximate surface area is 162 Å². The molecular formula is C19H30N4O3S. The van der Waals surface area contributed by atoms with Crippen LogP contribution >= 0.6 is 0 Å². The van der Waals surface area contributed by atoms with Gasteiger partial charge < -0.3 is 15.5 Å². The van der Waals surface area contributed by atoms with Crippen molar-refractivity contribution in [3.63, 3.8) is 0 Å². The van der Waals surface area contributed by atoms with E-state index in [1.807, 2.05) is 6.07 Å². The van der Waals surface area contributed by atoms with Gasteiger partial charge in [-0.3, -0.25) is 9.79 Å². The molecule has 1 aliphatic rings. The van der Waals surface area contributed by atoms with Crippen LogP contribution < -0.4 is 10.6 Å². The number of piperidine rings is 1. The second-order valence-corrected chi connectivity index (χ2v) is 8.88. The summed E-state index contributed by atoms with van der Waals surface area (Å²) in [7, 11) is 0.161. The zero-order valence-corrected chi connectivity index (χ0v) is 17.0. The van der Waals surface area contributed by atoms with Crippen LogP contribution in [0.5, 0.6) is 0 Å². The molecule has 1 amide bonds. The number of nitrogens with one attached hydrogen (secondary N) is 2. The largest absolute Gasteiger partial charge is 0.359 e. The fourth-order valence-electron chi connectivity index (χ4n) is 3.25. The lowest BCUT2D eigenvalue weighted by Gasteiger charge is -2.34. The number of guanidine groups is 1. The van der Waals surface area contributed by atoms with Gasteiger partial charge in [0.05, 0.1) is 10.6 Å². The fraction of sp³-hybridized carbons (Fsp3) is 0.579. The Morgan fingerprint density at radius 2 is 1.89 bits per heavy atom. The topological polar surface area (TPSA) is 90.9 Å². The second kappa shape index (κ2) is 10.3. The standard InChI is InChI=1S/C19H30N4O3S/c1-20-18(24)15-16-9-12-23(13-10-16)19(21-2)22-11-6-14-27(25,26)17-7-4-3-5-8-17/h3-5,7-8,16H,6,9-15H2,1-2H3,(H,20,24)(H,21,22). The van der Waals surface area contributed by atoms with Crippen LogP contribution in [0.3, 0.4) is 0 Å². The van der Waals surface area contributed by atoms with Crippen molar-refractivity contribution in [3.8, 4) is 0 Å². The van der Waals surface area contributed by atoms with E-state index < -0.39 is 9.84 Å². The third-order valence-electron chi connectivity index (χ3n) is 4.85. The van der Waals surface area contributed by atoms with E-state index in [1.165, 1.54) is 0 Å². The molecule has 27 heavy (non-hydrogen) atoms. The predicted molar refractivity (Wildman–Crippen MR) is 107 cm³/mol. The summed E-state index contributed by atoms with van der Waals surface area (Å²) in [6.07, 6.45) is 3.00. The Bertz CT molecular complexity index is 727. The van der Waals surface area contributed by atoms with Gasteiger partial charge in [-0.25, -0.2) is 8.42 Å². The van der Waals surface area contributed by atoms with E-state index in [1.54, 1.807) is 38.4 Å². The molecule has 1 aliphatic heterocycles. The van der Waals surface area contributed by atoms with E-state index in [0.29, 0.717) is 30.2 Å². The maximum absolute atomic E-state index is 12.3. The first-order valence-electron chi connectivity index (χ1n) is 9.40. The quantitative estimate of drug-likeness (QED) is 0.413. The van der Waals surface area contributed by atoms with Gasteiger partial charge in [0, 0.05) is 40.2 Å². The number of carbonyl (C=O) groups excluding carboxylic acids is 1. The lowest BCUT2D eigenvalue weighted by molar-refractivity contribution is -0.121. The van der Waals surface area contributed by atoms with Gasteiger partial charge in [0.15, 0.2) is 15.8 Å². The molecule has 0 aliphatic carbocycles. The highest BCUT2D eigenvalue weighted by atomic mass is 32.2. The smallest absolute Gasteiger partial charge is 0.220 e. The third-order valence-corrected chi connectivity index (χ3v) is 6.67. The molecular weight excluding hydrogens is 364 g/mol. The maximum atomic E-state index is 12.3. The summed E-state index contributed by atoms with van der Waals surface area (Å²) < 4.78 is 24.6. The van der Waals surface area contributed by atoms with Crippen molar-refractivity contribution in [1.29, 1.82) is 0 Å². The molecule has 0 unspecified atom stereocenters. The van der Waals surface area contributed by atoms with E-state index in [4.69, 9.17) is 0 Å². The van der Waals surface area contributed by atoms with Crippen LogP contribution in [0.2, 0.25) is 0 Å². The summed E-state index contributed by atoms with van der Waals surface area (Å²) >= 11 is 0. The molecule has 0 spiro atoms. The van der Waals surface area contributed by atoms with Gasteiger partial charge in [-0.2, -0.15) is 0 Å². The lowest BCUT2D eigenvalue weighted by Crippen LogP contribution is -2.46. The van der Waals surface area contributed by atoms with Crippen LogP contribution in [0, 0.1) is 5.92 Å². The van der Waals surface area contributed by atoms with E-state index in [2.05, 4.69) is 20.5 Å². The fourth-order valence-corrected chi connectivity index (χ4v) is 4.59. The summed E-state index contributed by atoms with van der Waals surface area (Å²) in [4.78, 5) is 18.3. The monoisotopic (exact) mass is 394 g/mol. The Morgan fingerprint density at radius 1 is 1.22 bits per heavy atom. The summed E-state index contributed by atoms with van der Waals surface area (Å²) in [5.74, 6) is 1.41. The summed E-state index contributed by atoms with van der Waals surface area (Å²) in [5.41, 5.74) is 0. The van der Waals surface area contributed by atoms with E-state index >= 15 is 0 Å². The molecule has 0 atom stereocenters. The number of likely N-dealkylation sites (tertiary alicyclic amines) is 1. The number of hydrogen-bond acceptors (Lipinski definition) is 4. The number of nitrogens with zero attached hydrogens (tertiary/aromatic N) is 2. The van der Waals surface area contributed by atoms with Gasteiger partial charge in [-0.15, -0.1) is 0 Å². The molecule has 0 saturated carbocycles. The highest BCUT2D eigenvalue weighted by molar-refractivity contribution is 7.91. The van der Waals surface area contributed by atoms with Crippen LogP contribution in [0.25, 0.3) is 0 Å². The highest BCUT2D eigenvalue weighted by Crippen LogP contribution is 2.20. The van der Waals surface area contributed by atoms with Crippen molar-refractivity contribution in [2.75, 3.05) is 39.5 Å². The minimum atomic E-state index is -3.24. The van der Waals surface area contributed by atoms with Gasteiger partial charge in [0.25, 0.3) is 0 Å². The van der Waals surface area contributed by atoms with Crippen LogP contribution in [0.1, 0.15) is 25.7 Å². The van der Waals surface area contributed by atoms with Crippen LogP contribution in [-0.4, -0.2) is 64.7 Å². The predicted octanol–water partition coefficient (Wildman–Crippen LogP) is 1.27. The molecule has 1 saturated heterocycles. The Balaban J connectivity index is 1.74. The average molecular weight is 395 g/mol. The Hall–Kier alpha value is -2.09. The van der Waals surface area contributed by atoms with Gasteiger partial charge in [0.1, 0.15) is 0 Å². The third kappa shape index (κ3) is 6.53. The minimum absolute atomic E-state index is 0.0931. The number of carbonyl (C=O) groups is 1. The molecule has 150 valence electrons. The Kier molecular flexibility index (Phi) is 8.09. The number of amides is 1. The van der Waals surface area contributed by atoms with Crippen molar-refractivity contribution < 1.29 is 13.2 Å². The number of rotatable bonds is 7. The highest BCUT2D eigenvalue weighted by Gasteiger charge is 2.23. The lowest BCUT2D eigenvalue weighted by atomic mass is 9.93. The zero-order chi connectivity index (χ0) is 19.7. The van der Waals surface area contributed by atoms with Crippen molar-refractivity contribution >= 4 is 21.7 Å². The van der Waals surface area contributed by atoms with Crippen LogP contribution in [-0.2, 0) is 14.6 Å². The molecule has 8 heteroatoms. The molecule has 1 heterocycles. The molecule has 2 N–H and O–H groups in total. The van der Waals surface area contributed by atoms with E-state index in [9.17, 15) is 13.2 Å². The zero-order valence-electron chi connectivity index (χ0n) is 16.1. The molecule has 0 radical (unpaired) electrons. The van der Waals surface area contributed by atoms with E-state index in [-0.39, 0.29) is 11.7 Å². The number of benzene rings is 1. The number of hydrogen-bond donors (Lipinski definition) is 2. The summed E-state index contributed by atoms with van der Waals surface area (Å²) in [6.45, 7) is 2.25. The second-order valence-electron chi connectivity index (χ2n) is 6.77. The van der Waals surface area contributed by atoms with Crippen LogP contribution in [0.4, 0.5) is 0 Å². The number of aliphatic imine (C=N–C) groups is 1. The molecule has 2 rings (SSSR count). The van der Waals surface area contributed by atoms with E-state index in [0.717, 1.165) is 31.9 Å². The maximum Gasteiger partial charge on any atom is 0.220 e. The first kappa shape index (κ1) is 21.2. The molecule has 0 aromatic heterocycles. The number of sulfone groups is 1. The van der Waals surface area contributed by atoms with Gasteiger partial charge >= 0.3 is 0 Å². The molecule has 1 aromatic carbocycles. The first-order valence-corrected chi connectivity index (χ1v) is 11.1. The summed E-state index contributed by atoms with van der Waals surface area (Å²) in [5, 5.41) is 5.94. The molecule has 7 nitrogen and oxygen atoms in total. The van der Waals surface area contributed by atoms with Gasteiger partial charge in [0.2, 0.25) is 5.91 Å². The average Bonchev–Trinajstić information content (AvgIpc) is 2.69. The molecule has 1 aromatic rings. The molecule has 1 fully saturated rings. The minimum Gasteiger partial charge on any atom is -0.359 e. The molecule has 0 bridgehead atoms. The summed E-state index contributed by atoms with van der Waals surface area (Å²) in [6, 6.07) is 8.54. The Morgan fingerprint density at radius 3 is 2.48 bits per heavy atom. The first-order chi connectivity index (χ1) is 13.0. The van der Waals surface area contributed by atoms with Gasteiger partial charge in [-0.1, -0.05) is 18.2 Å². The SMILES string of the molecule is CN=C(NCCCS(=O)(=O)c1ccccc1)N1CCC(CC(=O)NC)CC1. The van der Waals surface area contributed by atoms with Gasteiger partial charge in [-0.05, 0) is 37.3 Å². The van der Waals surface area contributed by atoms with Crippen molar-refractivity contribution in [1.82, 2.24) is 15.5 Å². The van der Waals surface area contributed by atoms with Crippen LogP contribution in [0.15, 0.2) is 40.2 Å².